The molecule has 2 fully saturated rings. The first-order valence-electron chi connectivity index (χ1n) is 8.86. The van der Waals surface area contributed by atoms with E-state index < -0.39 is 6.10 Å². The van der Waals surface area contributed by atoms with Crippen LogP contribution in [-0.4, -0.2) is 40.4 Å². The first kappa shape index (κ1) is 17.0. The van der Waals surface area contributed by atoms with E-state index in [9.17, 15) is 14.7 Å². The van der Waals surface area contributed by atoms with Gasteiger partial charge in [0.2, 0.25) is 11.8 Å². The highest BCUT2D eigenvalue weighted by atomic mass is 16.4. The van der Waals surface area contributed by atoms with Gasteiger partial charge in [-0.3, -0.25) is 9.59 Å². The monoisotopic (exact) mass is 334 g/mol. The second-order valence-electron chi connectivity index (χ2n) is 7.06. The Hall–Kier alpha value is -1.82. The molecule has 132 valence electrons. The molecule has 1 aromatic heterocycles. The topological polar surface area (TPSA) is 82.8 Å². The maximum absolute atomic E-state index is 12.4. The molecule has 2 N–H and O–H groups in total. The minimum Gasteiger partial charge on any atom is -0.467 e. The molecule has 3 atom stereocenters. The van der Waals surface area contributed by atoms with E-state index in [0.717, 1.165) is 12.8 Å². The van der Waals surface area contributed by atoms with E-state index in [1.54, 1.807) is 12.1 Å². The molecule has 1 saturated heterocycles. The van der Waals surface area contributed by atoms with Crippen LogP contribution in [0.5, 0.6) is 0 Å². The van der Waals surface area contributed by atoms with E-state index in [2.05, 4.69) is 5.32 Å². The van der Waals surface area contributed by atoms with Gasteiger partial charge in [-0.2, -0.15) is 0 Å². The molecular weight excluding hydrogens is 308 g/mol. The number of hydrogen-bond acceptors (Lipinski definition) is 4. The number of nitrogens with one attached hydrogen (secondary N) is 1. The van der Waals surface area contributed by atoms with E-state index in [1.165, 1.54) is 19.1 Å². The van der Waals surface area contributed by atoms with Crippen LogP contribution in [0, 0.1) is 5.92 Å². The van der Waals surface area contributed by atoms with Crippen molar-refractivity contribution in [2.75, 3.05) is 6.54 Å². The third-order valence-corrected chi connectivity index (χ3v) is 5.13. The van der Waals surface area contributed by atoms with Crippen molar-refractivity contribution in [2.24, 2.45) is 5.92 Å². The lowest BCUT2D eigenvalue weighted by Gasteiger charge is -2.24. The lowest BCUT2D eigenvalue weighted by atomic mass is 10.1. The molecule has 6 nitrogen and oxygen atoms in total. The minimum absolute atomic E-state index is 0.0945. The van der Waals surface area contributed by atoms with Crippen molar-refractivity contribution in [3.05, 3.63) is 24.2 Å². The summed E-state index contributed by atoms with van der Waals surface area (Å²) in [6.07, 6.45) is 5.93. The van der Waals surface area contributed by atoms with Gasteiger partial charge >= 0.3 is 0 Å². The minimum atomic E-state index is -0.740. The van der Waals surface area contributed by atoms with Crippen molar-refractivity contribution in [3.63, 3.8) is 0 Å². The van der Waals surface area contributed by atoms with Crippen LogP contribution >= 0.6 is 0 Å². The summed E-state index contributed by atoms with van der Waals surface area (Å²) in [5.41, 5.74) is 0. The largest absolute Gasteiger partial charge is 0.467 e. The van der Waals surface area contributed by atoms with Gasteiger partial charge < -0.3 is 19.7 Å². The number of amides is 2. The third kappa shape index (κ3) is 3.80. The van der Waals surface area contributed by atoms with E-state index in [4.69, 9.17) is 4.42 Å². The van der Waals surface area contributed by atoms with Crippen LogP contribution in [0.15, 0.2) is 22.8 Å². The Balaban J connectivity index is 1.48. The molecule has 0 radical (unpaired) electrons. The molecule has 0 bridgehead atoms. The van der Waals surface area contributed by atoms with Gasteiger partial charge in [-0.05, 0) is 31.9 Å². The number of aliphatic hydroxyl groups excluding tert-OH is 1. The van der Waals surface area contributed by atoms with Crippen molar-refractivity contribution in [1.29, 1.82) is 0 Å². The predicted octanol–water partition coefficient (Wildman–Crippen LogP) is 2.00. The van der Waals surface area contributed by atoms with Gasteiger partial charge in [-0.1, -0.05) is 12.8 Å². The molecule has 0 aromatic carbocycles. The average Bonchev–Trinajstić information content (AvgIpc) is 3.28. The maximum Gasteiger partial charge on any atom is 0.225 e. The van der Waals surface area contributed by atoms with Crippen molar-refractivity contribution in [1.82, 2.24) is 10.2 Å². The van der Waals surface area contributed by atoms with Gasteiger partial charge in [0.05, 0.1) is 12.2 Å². The van der Waals surface area contributed by atoms with Crippen LogP contribution < -0.4 is 5.32 Å². The molecule has 1 aromatic rings. The van der Waals surface area contributed by atoms with Crippen LogP contribution in [0.4, 0.5) is 0 Å². The number of likely N-dealkylation sites (tertiary alicyclic amines) is 1. The number of nitrogens with zero attached hydrogens (tertiary/aromatic N) is 1. The summed E-state index contributed by atoms with van der Waals surface area (Å²) < 4.78 is 5.17. The fourth-order valence-corrected chi connectivity index (χ4v) is 3.83. The Bertz CT molecular complexity index is 566. The van der Waals surface area contributed by atoms with Crippen LogP contribution in [0.2, 0.25) is 0 Å². The van der Waals surface area contributed by atoms with Crippen molar-refractivity contribution < 1.29 is 19.1 Å². The molecule has 6 heteroatoms. The highest BCUT2D eigenvalue weighted by Gasteiger charge is 2.38. The number of rotatable bonds is 6. The maximum atomic E-state index is 12.4. The quantitative estimate of drug-likeness (QED) is 0.833. The number of carbonyl (C=O) groups excluding carboxylic acids is 2. The van der Waals surface area contributed by atoms with Gasteiger partial charge in [0.25, 0.3) is 0 Å². The Morgan fingerprint density at radius 3 is 2.88 bits per heavy atom. The summed E-state index contributed by atoms with van der Waals surface area (Å²) in [5.74, 6) is 0.231. The Morgan fingerprint density at radius 1 is 1.46 bits per heavy atom. The third-order valence-electron chi connectivity index (χ3n) is 5.13. The standard InChI is InChI=1S/C18H26N2O4/c1-12(9-15(21)16-7-4-8-24-16)19-18(23)13-10-17(22)20(11-13)14-5-2-3-6-14/h4,7-8,12-15,21H,2-3,5-6,9-11H2,1H3,(H,19,23). The Kier molecular flexibility index (Phi) is 5.23. The summed E-state index contributed by atoms with van der Waals surface area (Å²) in [6, 6.07) is 3.58. The molecule has 24 heavy (non-hydrogen) atoms. The second kappa shape index (κ2) is 7.38. The molecule has 1 aliphatic carbocycles. The molecule has 1 aliphatic heterocycles. The summed E-state index contributed by atoms with van der Waals surface area (Å²) in [5, 5.41) is 13.0. The lowest BCUT2D eigenvalue weighted by Crippen LogP contribution is -2.40. The van der Waals surface area contributed by atoms with Crippen LogP contribution in [0.25, 0.3) is 0 Å². The molecule has 3 unspecified atom stereocenters. The smallest absolute Gasteiger partial charge is 0.225 e. The number of furan rings is 1. The van der Waals surface area contributed by atoms with Gasteiger partial charge in [0, 0.05) is 31.5 Å². The zero-order valence-corrected chi connectivity index (χ0v) is 14.1. The highest BCUT2D eigenvalue weighted by Crippen LogP contribution is 2.29. The molecular formula is C18H26N2O4. The summed E-state index contributed by atoms with van der Waals surface area (Å²) in [4.78, 5) is 26.5. The fourth-order valence-electron chi connectivity index (χ4n) is 3.83. The van der Waals surface area contributed by atoms with E-state index >= 15 is 0 Å². The number of hydrogen-bond donors (Lipinski definition) is 2. The molecule has 2 aliphatic rings. The van der Waals surface area contributed by atoms with Gasteiger partial charge in [0.1, 0.15) is 11.9 Å². The van der Waals surface area contributed by atoms with Crippen LogP contribution in [0.1, 0.15) is 57.3 Å². The normalized spacial score (nSPS) is 24.3. The van der Waals surface area contributed by atoms with Gasteiger partial charge in [0.15, 0.2) is 0 Å². The van der Waals surface area contributed by atoms with E-state index in [1.807, 2.05) is 11.8 Å². The van der Waals surface area contributed by atoms with E-state index in [-0.39, 0.29) is 23.8 Å². The van der Waals surface area contributed by atoms with Crippen LogP contribution in [0.3, 0.4) is 0 Å². The molecule has 0 spiro atoms. The van der Waals surface area contributed by atoms with E-state index in [0.29, 0.717) is 31.2 Å². The SMILES string of the molecule is CC(CC(O)c1ccco1)NC(=O)C1CC(=O)N(C2CCCC2)C1. The van der Waals surface area contributed by atoms with Gasteiger partial charge in [-0.15, -0.1) is 0 Å². The number of aliphatic hydroxyl groups is 1. The van der Waals surface area contributed by atoms with Crippen molar-refractivity contribution in [2.45, 2.75) is 63.6 Å². The second-order valence-corrected chi connectivity index (χ2v) is 7.06. The molecule has 2 heterocycles. The zero-order chi connectivity index (χ0) is 17.1. The average molecular weight is 334 g/mol. The molecule has 1 saturated carbocycles. The fraction of sp³-hybridized carbons (Fsp3) is 0.667. The molecule has 3 rings (SSSR count). The van der Waals surface area contributed by atoms with Gasteiger partial charge in [-0.25, -0.2) is 0 Å². The Labute approximate surface area is 142 Å². The number of carbonyl (C=O) groups is 2. The molecule has 2 amide bonds. The predicted molar refractivity (Wildman–Crippen MR) is 88.0 cm³/mol. The first-order chi connectivity index (χ1) is 11.5. The first-order valence-corrected chi connectivity index (χ1v) is 8.86. The lowest BCUT2D eigenvalue weighted by molar-refractivity contribution is -0.130. The zero-order valence-electron chi connectivity index (χ0n) is 14.1. The van der Waals surface area contributed by atoms with Crippen LogP contribution in [-0.2, 0) is 9.59 Å². The van der Waals surface area contributed by atoms with Crippen molar-refractivity contribution >= 4 is 11.8 Å². The van der Waals surface area contributed by atoms with Crippen molar-refractivity contribution in [3.8, 4) is 0 Å². The Morgan fingerprint density at radius 2 is 2.21 bits per heavy atom. The summed E-state index contributed by atoms with van der Waals surface area (Å²) in [7, 11) is 0. The summed E-state index contributed by atoms with van der Waals surface area (Å²) >= 11 is 0. The summed E-state index contributed by atoms with van der Waals surface area (Å²) in [6.45, 7) is 2.39. The highest BCUT2D eigenvalue weighted by molar-refractivity contribution is 5.89.